The van der Waals surface area contributed by atoms with Crippen molar-refractivity contribution in [2.75, 3.05) is 6.61 Å². The molecule has 2 atom stereocenters. The van der Waals surface area contributed by atoms with Crippen LogP contribution in [-0.4, -0.2) is 28.5 Å². The third kappa shape index (κ3) is 3.32. The van der Waals surface area contributed by atoms with Gasteiger partial charge in [0.15, 0.2) is 0 Å². The number of pyridine rings is 2. The summed E-state index contributed by atoms with van der Waals surface area (Å²) in [5.41, 5.74) is 3.18. The largest absolute Gasteiger partial charge is 0.371 e. The van der Waals surface area contributed by atoms with E-state index in [4.69, 9.17) is 4.74 Å². The number of rotatable bonds is 3. The van der Waals surface area contributed by atoms with Crippen LogP contribution < -0.4 is 10.9 Å². The number of hydrogen-bond donors (Lipinski definition) is 2. The van der Waals surface area contributed by atoms with E-state index in [0.717, 1.165) is 23.1 Å². The molecule has 6 nitrogen and oxygen atoms in total. The van der Waals surface area contributed by atoms with Gasteiger partial charge >= 0.3 is 0 Å². The first-order valence-corrected chi connectivity index (χ1v) is 7.59. The number of aryl methyl sites for hydroxylation is 2. The van der Waals surface area contributed by atoms with E-state index in [-0.39, 0.29) is 23.6 Å². The fourth-order valence-corrected chi connectivity index (χ4v) is 2.66. The van der Waals surface area contributed by atoms with Crippen molar-refractivity contribution in [2.45, 2.75) is 32.4 Å². The number of ether oxygens (including phenoxy) is 1. The first-order valence-electron chi connectivity index (χ1n) is 7.59. The number of aromatic nitrogens is 2. The molecule has 3 rings (SSSR count). The molecular weight excluding hydrogens is 294 g/mol. The molecule has 0 saturated carbocycles. The van der Waals surface area contributed by atoms with Crippen molar-refractivity contribution in [3.63, 3.8) is 0 Å². The van der Waals surface area contributed by atoms with Crippen molar-refractivity contribution in [3.8, 4) is 0 Å². The van der Waals surface area contributed by atoms with Crippen LogP contribution in [0.2, 0.25) is 0 Å². The second kappa shape index (κ2) is 6.34. The Kier molecular flexibility index (Phi) is 4.25. The quantitative estimate of drug-likeness (QED) is 0.902. The fraction of sp³-hybridized carbons (Fsp3) is 0.353. The standard InChI is InChI=1S/C17H19N3O3/c1-10-7-14(18-8-11(10)2)17(22)20-13-5-6-23-16(13)12-3-4-15(21)19-9-12/h3-4,7-9,13,16H,5-6H2,1-2H3,(H,19,21)(H,20,22)/t13-,16+/m1/s1. The summed E-state index contributed by atoms with van der Waals surface area (Å²) >= 11 is 0. The molecule has 0 spiro atoms. The second-order valence-electron chi connectivity index (χ2n) is 5.80. The van der Waals surface area contributed by atoms with Crippen LogP contribution >= 0.6 is 0 Å². The Morgan fingerprint density at radius 3 is 2.87 bits per heavy atom. The minimum atomic E-state index is -0.262. The number of nitrogens with zero attached hydrogens (tertiary/aromatic N) is 1. The molecule has 2 aromatic heterocycles. The molecule has 0 unspecified atom stereocenters. The van der Waals surface area contributed by atoms with Crippen LogP contribution in [0.4, 0.5) is 0 Å². The van der Waals surface area contributed by atoms with Gasteiger partial charge in [0.25, 0.3) is 5.91 Å². The lowest BCUT2D eigenvalue weighted by Crippen LogP contribution is -2.37. The number of carbonyl (C=O) groups is 1. The number of H-pyrrole nitrogens is 1. The Morgan fingerprint density at radius 1 is 1.35 bits per heavy atom. The summed E-state index contributed by atoms with van der Waals surface area (Å²) in [6.07, 6.45) is 3.79. The Balaban J connectivity index is 1.75. The molecule has 0 radical (unpaired) electrons. The Labute approximate surface area is 133 Å². The topological polar surface area (TPSA) is 84.1 Å². The van der Waals surface area contributed by atoms with Crippen LogP contribution in [0.3, 0.4) is 0 Å². The molecule has 1 amide bonds. The Hall–Kier alpha value is -2.47. The molecule has 2 aromatic rings. The molecule has 2 N–H and O–H groups in total. The van der Waals surface area contributed by atoms with E-state index in [0.29, 0.717) is 12.3 Å². The highest BCUT2D eigenvalue weighted by atomic mass is 16.5. The van der Waals surface area contributed by atoms with Crippen LogP contribution in [0.15, 0.2) is 35.4 Å². The third-order valence-corrected chi connectivity index (χ3v) is 4.15. The van der Waals surface area contributed by atoms with Crippen LogP contribution in [0.25, 0.3) is 0 Å². The molecule has 1 saturated heterocycles. The zero-order valence-corrected chi connectivity index (χ0v) is 13.1. The van der Waals surface area contributed by atoms with Gasteiger partial charge in [-0.1, -0.05) is 0 Å². The van der Waals surface area contributed by atoms with Gasteiger partial charge in [-0.2, -0.15) is 0 Å². The number of nitrogens with one attached hydrogen (secondary N) is 2. The van der Waals surface area contributed by atoms with Gasteiger partial charge in [0.05, 0.1) is 6.04 Å². The number of carbonyl (C=O) groups excluding carboxylic acids is 1. The van der Waals surface area contributed by atoms with Gasteiger partial charge in [0.1, 0.15) is 11.8 Å². The summed E-state index contributed by atoms with van der Waals surface area (Å²) in [6, 6.07) is 4.83. The predicted molar refractivity (Wildman–Crippen MR) is 85.3 cm³/mol. The van der Waals surface area contributed by atoms with Crippen molar-refractivity contribution in [1.82, 2.24) is 15.3 Å². The molecule has 0 aliphatic carbocycles. The van der Waals surface area contributed by atoms with Crippen LogP contribution in [0.1, 0.15) is 39.7 Å². The maximum atomic E-state index is 12.4. The minimum Gasteiger partial charge on any atom is -0.371 e. The first-order chi connectivity index (χ1) is 11.0. The fourth-order valence-electron chi connectivity index (χ4n) is 2.66. The molecule has 1 aliphatic rings. The zero-order chi connectivity index (χ0) is 16.4. The summed E-state index contributed by atoms with van der Waals surface area (Å²) in [6.45, 7) is 4.48. The molecule has 6 heteroatoms. The van der Waals surface area contributed by atoms with Gasteiger partial charge < -0.3 is 15.0 Å². The number of aromatic amines is 1. The van der Waals surface area contributed by atoms with Crippen molar-refractivity contribution >= 4 is 5.91 Å². The van der Waals surface area contributed by atoms with E-state index < -0.39 is 0 Å². The number of amides is 1. The lowest BCUT2D eigenvalue weighted by molar-refractivity contribution is 0.0817. The van der Waals surface area contributed by atoms with Gasteiger partial charge in [0.2, 0.25) is 5.56 Å². The van der Waals surface area contributed by atoms with E-state index in [1.165, 1.54) is 6.07 Å². The average molecular weight is 313 g/mol. The van der Waals surface area contributed by atoms with Gasteiger partial charge in [-0.05, 0) is 49.1 Å². The molecule has 120 valence electrons. The maximum absolute atomic E-state index is 12.4. The minimum absolute atomic E-state index is 0.142. The Morgan fingerprint density at radius 2 is 2.17 bits per heavy atom. The monoisotopic (exact) mass is 313 g/mol. The summed E-state index contributed by atoms with van der Waals surface area (Å²) in [7, 11) is 0. The summed E-state index contributed by atoms with van der Waals surface area (Å²) in [5, 5.41) is 2.99. The van der Waals surface area contributed by atoms with Gasteiger partial charge in [-0.25, -0.2) is 0 Å². The molecule has 1 aliphatic heterocycles. The van der Waals surface area contributed by atoms with E-state index in [1.807, 2.05) is 13.8 Å². The predicted octanol–water partition coefficient (Wildman–Crippen LogP) is 1.65. The molecule has 1 fully saturated rings. The highest BCUT2D eigenvalue weighted by Gasteiger charge is 2.31. The summed E-state index contributed by atoms with van der Waals surface area (Å²) in [4.78, 5) is 30.4. The average Bonchev–Trinajstić information content (AvgIpc) is 2.99. The first kappa shape index (κ1) is 15.4. The van der Waals surface area contributed by atoms with E-state index >= 15 is 0 Å². The smallest absolute Gasteiger partial charge is 0.270 e. The van der Waals surface area contributed by atoms with Gasteiger partial charge in [0, 0.05) is 25.1 Å². The Bertz CT molecular complexity index is 764. The molecule has 0 aromatic carbocycles. The second-order valence-corrected chi connectivity index (χ2v) is 5.80. The summed E-state index contributed by atoms with van der Waals surface area (Å²) in [5.74, 6) is -0.210. The van der Waals surface area contributed by atoms with Crippen LogP contribution in [0.5, 0.6) is 0 Å². The maximum Gasteiger partial charge on any atom is 0.270 e. The van der Waals surface area contributed by atoms with E-state index in [1.54, 1.807) is 24.5 Å². The number of hydrogen-bond acceptors (Lipinski definition) is 4. The normalized spacial score (nSPS) is 20.4. The van der Waals surface area contributed by atoms with Gasteiger partial charge in [-0.3, -0.25) is 14.6 Å². The van der Waals surface area contributed by atoms with Crippen molar-refractivity contribution in [3.05, 3.63) is 63.3 Å². The van der Waals surface area contributed by atoms with Crippen molar-refractivity contribution in [1.29, 1.82) is 0 Å². The third-order valence-electron chi connectivity index (χ3n) is 4.15. The lowest BCUT2D eigenvalue weighted by atomic mass is 10.0. The molecular formula is C17H19N3O3. The zero-order valence-electron chi connectivity index (χ0n) is 13.1. The summed E-state index contributed by atoms with van der Waals surface area (Å²) < 4.78 is 5.71. The molecule has 3 heterocycles. The highest BCUT2D eigenvalue weighted by Crippen LogP contribution is 2.28. The van der Waals surface area contributed by atoms with Crippen LogP contribution in [-0.2, 0) is 4.74 Å². The SMILES string of the molecule is Cc1cnc(C(=O)N[C@@H]2CCO[C@H]2c2ccc(=O)[nH]c2)cc1C. The van der Waals surface area contributed by atoms with E-state index in [9.17, 15) is 9.59 Å². The van der Waals surface area contributed by atoms with Gasteiger partial charge in [-0.15, -0.1) is 0 Å². The lowest BCUT2D eigenvalue weighted by Gasteiger charge is -2.20. The highest BCUT2D eigenvalue weighted by molar-refractivity contribution is 5.92. The van der Waals surface area contributed by atoms with Crippen molar-refractivity contribution < 1.29 is 9.53 Å². The molecule has 0 bridgehead atoms. The van der Waals surface area contributed by atoms with Crippen LogP contribution in [0, 0.1) is 13.8 Å². The van der Waals surface area contributed by atoms with E-state index in [2.05, 4.69) is 15.3 Å². The molecule has 23 heavy (non-hydrogen) atoms. The van der Waals surface area contributed by atoms with Crippen molar-refractivity contribution in [2.24, 2.45) is 0 Å².